The summed E-state index contributed by atoms with van der Waals surface area (Å²) in [5.41, 5.74) is 0.435. The number of hydrogen-bond acceptors (Lipinski definition) is 4. The molecule has 0 heterocycles. The maximum atomic E-state index is 11.9. The van der Waals surface area contributed by atoms with E-state index in [0.717, 1.165) is 0 Å². The van der Waals surface area contributed by atoms with Gasteiger partial charge in [-0.2, -0.15) is 0 Å². The maximum Gasteiger partial charge on any atom is 0.258 e. The van der Waals surface area contributed by atoms with E-state index in [1.807, 2.05) is 6.07 Å². The lowest BCUT2D eigenvalue weighted by atomic mass is 10.3. The molecule has 0 aliphatic rings. The highest BCUT2D eigenvalue weighted by atomic mass is 35.5. The number of carbonyl (C=O) groups is 2. The summed E-state index contributed by atoms with van der Waals surface area (Å²) in [6, 6.07) is 13.8. The molecule has 0 fully saturated rings. The van der Waals surface area contributed by atoms with Crippen LogP contribution in [0.2, 0.25) is 5.02 Å². The van der Waals surface area contributed by atoms with Crippen molar-refractivity contribution >= 4 is 29.1 Å². The van der Waals surface area contributed by atoms with Gasteiger partial charge in [-0.1, -0.05) is 29.8 Å². The second kappa shape index (κ2) is 8.79. The zero-order chi connectivity index (χ0) is 17.4. The predicted molar refractivity (Wildman–Crippen MR) is 91.6 cm³/mol. The molecule has 0 bridgehead atoms. The van der Waals surface area contributed by atoms with Gasteiger partial charge in [-0.05, 0) is 30.3 Å². The topological polar surface area (TPSA) is 76.7 Å². The molecule has 0 unspecified atom stereocenters. The number of carbonyl (C=O) groups excluding carboxylic acids is 2. The molecule has 0 spiro atoms. The molecule has 0 saturated carbocycles. The lowest BCUT2D eigenvalue weighted by Crippen LogP contribution is -2.35. The molecule has 6 nitrogen and oxygen atoms in total. The zero-order valence-electron chi connectivity index (χ0n) is 13.0. The van der Waals surface area contributed by atoms with Gasteiger partial charge >= 0.3 is 0 Å². The predicted octanol–water partition coefficient (Wildman–Crippen LogP) is 2.48. The SMILES string of the molecule is COc1ccc(Cl)cc1NC(=O)CNC(=O)COc1ccccc1. The largest absolute Gasteiger partial charge is 0.495 e. The second-order valence-corrected chi connectivity index (χ2v) is 5.21. The molecule has 0 aliphatic heterocycles. The standard InChI is InChI=1S/C17H17ClN2O4/c1-23-15-8-7-12(18)9-14(15)20-16(21)10-19-17(22)11-24-13-5-3-2-4-6-13/h2-9H,10-11H2,1H3,(H,19,22)(H,20,21). The first-order valence-corrected chi connectivity index (χ1v) is 7.54. The summed E-state index contributed by atoms with van der Waals surface area (Å²) >= 11 is 5.89. The quantitative estimate of drug-likeness (QED) is 0.806. The molecule has 2 rings (SSSR count). The van der Waals surface area contributed by atoms with Crippen molar-refractivity contribution in [1.82, 2.24) is 5.32 Å². The molecule has 2 aromatic carbocycles. The summed E-state index contributed by atoms with van der Waals surface area (Å²) in [6.07, 6.45) is 0. The number of para-hydroxylation sites is 1. The van der Waals surface area contributed by atoms with Crippen LogP contribution in [0.15, 0.2) is 48.5 Å². The van der Waals surface area contributed by atoms with Crippen molar-refractivity contribution in [2.45, 2.75) is 0 Å². The lowest BCUT2D eigenvalue weighted by Gasteiger charge is -2.11. The van der Waals surface area contributed by atoms with Gasteiger partial charge in [0.05, 0.1) is 19.3 Å². The van der Waals surface area contributed by atoms with Crippen molar-refractivity contribution in [3.63, 3.8) is 0 Å². The third-order valence-electron chi connectivity index (χ3n) is 2.99. The van der Waals surface area contributed by atoms with Crippen LogP contribution in [-0.2, 0) is 9.59 Å². The number of methoxy groups -OCH3 is 1. The average molecular weight is 349 g/mol. The van der Waals surface area contributed by atoms with Crippen molar-refractivity contribution in [2.75, 3.05) is 25.6 Å². The van der Waals surface area contributed by atoms with E-state index in [2.05, 4.69) is 10.6 Å². The smallest absolute Gasteiger partial charge is 0.258 e. The van der Waals surface area contributed by atoms with Gasteiger partial charge in [-0.3, -0.25) is 9.59 Å². The second-order valence-electron chi connectivity index (χ2n) is 4.77. The van der Waals surface area contributed by atoms with Crippen molar-refractivity contribution < 1.29 is 19.1 Å². The molecule has 126 valence electrons. The molecule has 0 atom stereocenters. The Bertz CT molecular complexity index is 707. The third-order valence-corrected chi connectivity index (χ3v) is 3.23. The van der Waals surface area contributed by atoms with Crippen LogP contribution in [0.3, 0.4) is 0 Å². The van der Waals surface area contributed by atoms with E-state index < -0.39 is 11.8 Å². The number of amides is 2. The molecule has 2 amide bonds. The van der Waals surface area contributed by atoms with Crippen molar-refractivity contribution in [3.05, 3.63) is 53.6 Å². The minimum absolute atomic E-state index is 0.169. The number of hydrogen-bond donors (Lipinski definition) is 2. The van der Waals surface area contributed by atoms with Crippen LogP contribution in [0.4, 0.5) is 5.69 Å². The van der Waals surface area contributed by atoms with E-state index in [0.29, 0.717) is 22.2 Å². The van der Waals surface area contributed by atoms with Gasteiger partial charge in [0, 0.05) is 5.02 Å². The fourth-order valence-corrected chi connectivity index (χ4v) is 2.04. The van der Waals surface area contributed by atoms with Gasteiger partial charge < -0.3 is 20.1 Å². The Kier molecular flexibility index (Phi) is 6.45. The van der Waals surface area contributed by atoms with Gasteiger partial charge in [0.2, 0.25) is 5.91 Å². The van der Waals surface area contributed by atoms with Gasteiger partial charge in [0.1, 0.15) is 11.5 Å². The lowest BCUT2D eigenvalue weighted by molar-refractivity contribution is -0.125. The molecular weight excluding hydrogens is 332 g/mol. The summed E-state index contributed by atoms with van der Waals surface area (Å²) < 4.78 is 10.4. The van der Waals surface area contributed by atoms with Crippen molar-refractivity contribution in [2.24, 2.45) is 0 Å². The van der Waals surface area contributed by atoms with Crippen LogP contribution in [-0.4, -0.2) is 32.1 Å². The molecule has 0 aromatic heterocycles. The van der Waals surface area contributed by atoms with Crippen LogP contribution < -0.4 is 20.1 Å². The molecule has 0 aliphatic carbocycles. The Hall–Kier alpha value is -2.73. The van der Waals surface area contributed by atoms with E-state index in [1.165, 1.54) is 7.11 Å². The normalized spacial score (nSPS) is 9.92. The molecule has 2 N–H and O–H groups in total. The highest BCUT2D eigenvalue weighted by molar-refractivity contribution is 6.31. The first-order chi connectivity index (χ1) is 11.6. The number of rotatable bonds is 7. The average Bonchev–Trinajstić information content (AvgIpc) is 2.59. The summed E-state index contributed by atoms with van der Waals surface area (Å²) in [5, 5.41) is 5.57. The molecule has 2 aromatic rings. The highest BCUT2D eigenvalue weighted by Crippen LogP contribution is 2.27. The summed E-state index contributed by atoms with van der Waals surface area (Å²) in [4.78, 5) is 23.6. The number of nitrogens with one attached hydrogen (secondary N) is 2. The first kappa shape index (κ1) is 17.6. The van der Waals surface area contributed by atoms with Crippen LogP contribution in [0.1, 0.15) is 0 Å². The van der Waals surface area contributed by atoms with Gasteiger partial charge in [-0.25, -0.2) is 0 Å². The van der Waals surface area contributed by atoms with Crippen molar-refractivity contribution in [1.29, 1.82) is 0 Å². The fraction of sp³-hybridized carbons (Fsp3) is 0.176. The first-order valence-electron chi connectivity index (χ1n) is 7.16. The number of halogens is 1. The number of ether oxygens (including phenoxy) is 2. The third kappa shape index (κ3) is 5.48. The number of benzene rings is 2. The molecule has 0 radical (unpaired) electrons. The summed E-state index contributed by atoms with van der Waals surface area (Å²) in [7, 11) is 1.49. The van der Waals surface area contributed by atoms with E-state index in [1.54, 1.807) is 42.5 Å². The Labute approximate surface area is 144 Å². The van der Waals surface area contributed by atoms with Crippen molar-refractivity contribution in [3.8, 4) is 11.5 Å². The Morgan fingerprint density at radius 2 is 1.83 bits per heavy atom. The molecule has 0 saturated heterocycles. The Balaban J connectivity index is 1.78. The maximum absolute atomic E-state index is 11.9. The van der Waals surface area contributed by atoms with Crippen LogP contribution in [0.25, 0.3) is 0 Å². The highest BCUT2D eigenvalue weighted by Gasteiger charge is 2.10. The number of anilines is 1. The van der Waals surface area contributed by atoms with Gasteiger partial charge in [-0.15, -0.1) is 0 Å². The molecular formula is C17H17ClN2O4. The summed E-state index contributed by atoms with van der Waals surface area (Å²) in [5.74, 6) is 0.267. The van der Waals surface area contributed by atoms with Gasteiger partial charge in [0.25, 0.3) is 5.91 Å². The Morgan fingerprint density at radius 3 is 2.54 bits per heavy atom. The Morgan fingerprint density at radius 1 is 1.08 bits per heavy atom. The van der Waals surface area contributed by atoms with Crippen LogP contribution >= 0.6 is 11.6 Å². The van der Waals surface area contributed by atoms with Crippen LogP contribution in [0.5, 0.6) is 11.5 Å². The van der Waals surface area contributed by atoms with E-state index in [-0.39, 0.29) is 13.2 Å². The van der Waals surface area contributed by atoms with E-state index in [9.17, 15) is 9.59 Å². The van der Waals surface area contributed by atoms with E-state index in [4.69, 9.17) is 21.1 Å². The van der Waals surface area contributed by atoms with Crippen LogP contribution in [0, 0.1) is 0 Å². The monoisotopic (exact) mass is 348 g/mol. The zero-order valence-corrected chi connectivity index (χ0v) is 13.8. The fourth-order valence-electron chi connectivity index (χ4n) is 1.87. The minimum atomic E-state index is -0.399. The van der Waals surface area contributed by atoms with Gasteiger partial charge in [0.15, 0.2) is 6.61 Å². The molecule has 24 heavy (non-hydrogen) atoms. The summed E-state index contributed by atoms with van der Waals surface area (Å²) in [6.45, 7) is -0.357. The molecule has 7 heteroatoms. The van der Waals surface area contributed by atoms with E-state index >= 15 is 0 Å². The minimum Gasteiger partial charge on any atom is -0.495 e.